The lowest BCUT2D eigenvalue weighted by atomic mass is 10.1. The van der Waals surface area contributed by atoms with Crippen molar-refractivity contribution in [2.75, 3.05) is 13.4 Å². The summed E-state index contributed by atoms with van der Waals surface area (Å²) in [7, 11) is 1.59. The Balaban J connectivity index is 1.92. The Kier molecular flexibility index (Phi) is 5.60. The maximum Gasteiger partial charge on any atom is 0.282 e. The molecule has 0 aliphatic heterocycles. The summed E-state index contributed by atoms with van der Waals surface area (Å²) in [5, 5.41) is 15.0. The van der Waals surface area contributed by atoms with Crippen LogP contribution < -0.4 is 10.1 Å². The third kappa shape index (κ3) is 3.68. The van der Waals surface area contributed by atoms with Gasteiger partial charge in [-0.15, -0.1) is 11.8 Å². The molecule has 0 spiro atoms. The van der Waals surface area contributed by atoms with E-state index in [1.165, 1.54) is 23.9 Å². The second-order valence-electron chi connectivity index (χ2n) is 6.29. The smallest absolute Gasteiger partial charge is 0.282 e. The number of carbonyl (C=O) groups is 1. The Morgan fingerprint density at radius 3 is 2.68 bits per heavy atom. The molecule has 2 aromatic carbocycles. The molecule has 1 unspecified atom stereocenters. The van der Waals surface area contributed by atoms with Crippen LogP contribution in [0, 0.1) is 17.0 Å². The number of ether oxygens (including phenoxy) is 1. The molecule has 0 radical (unpaired) electrons. The number of rotatable bonds is 6. The summed E-state index contributed by atoms with van der Waals surface area (Å²) >= 11 is 1.41. The van der Waals surface area contributed by atoms with E-state index in [1.54, 1.807) is 26.2 Å². The van der Waals surface area contributed by atoms with E-state index < -0.39 is 16.9 Å². The Bertz CT molecular complexity index is 1060. The Morgan fingerprint density at radius 1 is 1.29 bits per heavy atom. The van der Waals surface area contributed by atoms with Gasteiger partial charge in [0.1, 0.15) is 22.7 Å². The average molecular weight is 400 g/mol. The molecule has 3 rings (SSSR count). The van der Waals surface area contributed by atoms with Crippen LogP contribution in [0.15, 0.2) is 45.7 Å². The molecule has 0 aliphatic rings. The van der Waals surface area contributed by atoms with Gasteiger partial charge in [0.2, 0.25) is 0 Å². The van der Waals surface area contributed by atoms with E-state index in [4.69, 9.17) is 9.15 Å². The van der Waals surface area contributed by atoms with Crippen molar-refractivity contribution >= 4 is 34.3 Å². The van der Waals surface area contributed by atoms with Crippen LogP contribution in [0.5, 0.6) is 5.75 Å². The van der Waals surface area contributed by atoms with E-state index in [9.17, 15) is 14.9 Å². The molecule has 1 atom stereocenters. The lowest BCUT2D eigenvalue weighted by molar-refractivity contribution is -0.385. The summed E-state index contributed by atoms with van der Waals surface area (Å²) in [5.74, 6) is 0.789. The quantitative estimate of drug-likeness (QED) is 0.360. The summed E-state index contributed by atoms with van der Waals surface area (Å²) in [4.78, 5) is 24.3. The van der Waals surface area contributed by atoms with Gasteiger partial charge in [-0.3, -0.25) is 14.9 Å². The van der Waals surface area contributed by atoms with E-state index in [-0.39, 0.29) is 11.3 Å². The third-order valence-corrected chi connectivity index (χ3v) is 5.29. The highest BCUT2D eigenvalue weighted by atomic mass is 32.2. The molecule has 146 valence electrons. The lowest BCUT2D eigenvalue weighted by Crippen LogP contribution is -2.27. The Morgan fingerprint density at radius 2 is 2.04 bits per heavy atom. The second-order valence-corrected chi connectivity index (χ2v) is 7.17. The van der Waals surface area contributed by atoms with Crippen LogP contribution in [0.4, 0.5) is 5.69 Å². The van der Waals surface area contributed by atoms with Crippen molar-refractivity contribution in [2.45, 2.75) is 24.8 Å². The minimum atomic E-state index is -0.553. The van der Waals surface area contributed by atoms with Crippen LogP contribution in [-0.4, -0.2) is 24.2 Å². The molecule has 1 heterocycles. The average Bonchev–Trinajstić information content (AvgIpc) is 3.03. The fraction of sp³-hybridized carbons (Fsp3) is 0.250. The molecule has 0 bridgehead atoms. The summed E-state index contributed by atoms with van der Waals surface area (Å²) in [6.07, 6.45) is 1.84. The molecule has 8 heteroatoms. The molecule has 0 aliphatic carbocycles. The normalized spacial score (nSPS) is 12.0. The molecular formula is C20H20N2O5S. The molecule has 1 aromatic heterocycles. The summed E-state index contributed by atoms with van der Waals surface area (Å²) in [5.41, 5.74) is 1.37. The molecule has 0 saturated carbocycles. The fourth-order valence-electron chi connectivity index (χ4n) is 3.08. The van der Waals surface area contributed by atoms with E-state index in [0.29, 0.717) is 17.1 Å². The topological polar surface area (TPSA) is 94.6 Å². The van der Waals surface area contributed by atoms with Crippen LogP contribution in [0.1, 0.15) is 34.6 Å². The zero-order chi connectivity index (χ0) is 20.4. The van der Waals surface area contributed by atoms with Gasteiger partial charge < -0.3 is 14.5 Å². The number of carbonyl (C=O) groups excluding carboxylic acids is 1. The van der Waals surface area contributed by atoms with E-state index in [0.717, 1.165) is 15.8 Å². The number of aryl methyl sites for hydroxylation is 1. The molecule has 28 heavy (non-hydrogen) atoms. The van der Waals surface area contributed by atoms with E-state index >= 15 is 0 Å². The molecular weight excluding hydrogens is 380 g/mol. The van der Waals surface area contributed by atoms with Gasteiger partial charge in [-0.2, -0.15) is 0 Å². The first-order valence-electron chi connectivity index (χ1n) is 8.56. The zero-order valence-corrected chi connectivity index (χ0v) is 16.8. The monoisotopic (exact) mass is 400 g/mol. The number of nitrogens with zero attached hydrogens (tertiary/aromatic N) is 1. The molecule has 7 nitrogen and oxygen atoms in total. The van der Waals surface area contributed by atoms with Crippen molar-refractivity contribution in [3.05, 3.63) is 63.4 Å². The number of amides is 1. The number of hydrogen-bond acceptors (Lipinski definition) is 6. The summed E-state index contributed by atoms with van der Waals surface area (Å²) < 4.78 is 11.2. The zero-order valence-electron chi connectivity index (χ0n) is 15.9. The second kappa shape index (κ2) is 7.93. The Labute approximate surface area is 166 Å². The highest BCUT2D eigenvalue weighted by Crippen LogP contribution is 2.32. The molecule has 3 aromatic rings. The van der Waals surface area contributed by atoms with Crippen molar-refractivity contribution < 1.29 is 18.9 Å². The molecule has 1 N–H and O–H groups in total. The van der Waals surface area contributed by atoms with Gasteiger partial charge in [0.05, 0.1) is 18.1 Å². The van der Waals surface area contributed by atoms with Gasteiger partial charge in [-0.1, -0.05) is 0 Å². The van der Waals surface area contributed by atoms with E-state index in [1.807, 2.05) is 25.3 Å². The van der Waals surface area contributed by atoms with Gasteiger partial charge >= 0.3 is 0 Å². The van der Waals surface area contributed by atoms with Crippen molar-refractivity contribution in [3.8, 4) is 5.75 Å². The summed E-state index contributed by atoms with van der Waals surface area (Å²) in [6.45, 7) is 3.68. The van der Waals surface area contributed by atoms with Gasteiger partial charge in [-0.05, 0) is 50.4 Å². The number of fused-ring (bicyclic) bond motifs is 1. The first kappa shape index (κ1) is 19.8. The number of thioether (sulfide) groups is 1. The van der Waals surface area contributed by atoms with Crippen LogP contribution in [0.2, 0.25) is 0 Å². The minimum absolute atomic E-state index is 0.0270. The standard InChI is InChI=1S/C20H20N2O5S/c1-11-15-9-13(26-3)5-8-18(15)27-19(11)12(2)21-20(23)16-10-14(28-4)6-7-17(16)22(24)25/h5-10,12H,1-4H3,(H,21,23). The van der Waals surface area contributed by atoms with E-state index in [2.05, 4.69) is 5.32 Å². The van der Waals surface area contributed by atoms with Crippen molar-refractivity contribution in [3.63, 3.8) is 0 Å². The number of nitrogens with one attached hydrogen (secondary N) is 1. The number of nitro benzene ring substituents is 1. The van der Waals surface area contributed by atoms with Crippen molar-refractivity contribution in [1.29, 1.82) is 0 Å². The van der Waals surface area contributed by atoms with Crippen LogP contribution in [0.3, 0.4) is 0 Å². The van der Waals surface area contributed by atoms with Gasteiger partial charge in [0, 0.05) is 21.9 Å². The van der Waals surface area contributed by atoms with Crippen molar-refractivity contribution in [1.82, 2.24) is 5.32 Å². The molecule has 0 fully saturated rings. The molecule has 1 amide bonds. The van der Waals surface area contributed by atoms with Gasteiger partial charge in [0.25, 0.3) is 11.6 Å². The number of hydrogen-bond donors (Lipinski definition) is 1. The van der Waals surface area contributed by atoms with Gasteiger partial charge in [-0.25, -0.2) is 0 Å². The maximum absolute atomic E-state index is 12.8. The first-order valence-corrected chi connectivity index (χ1v) is 9.78. The third-order valence-electron chi connectivity index (χ3n) is 4.57. The first-order chi connectivity index (χ1) is 13.3. The minimum Gasteiger partial charge on any atom is -0.497 e. The summed E-state index contributed by atoms with van der Waals surface area (Å²) in [6, 6.07) is 9.52. The SMILES string of the molecule is COc1ccc2oc(C(C)NC(=O)c3cc(SC)ccc3[N+](=O)[O-])c(C)c2c1. The van der Waals surface area contributed by atoms with Crippen molar-refractivity contribution in [2.24, 2.45) is 0 Å². The maximum atomic E-state index is 12.8. The number of nitro groups is 1. The van der Waals surface area contributed by atoms with Crippen LogP contribution in [0.25, 0.3) is 11.0 Å². The Hall–Kier alpha value is -3.00. The number of benzene rings is 2. The number of furan rings is 1. The fourth-order valence-corrected chi connectivity index (χ4v) is 3.52. The number of methoxy groups -OCH3 is 1. The molecule has 0 saturated heterocycles. The highest BCUT2D eigenvalue weighted by molar-refractivity contribution is 7.98. The predicted octanol–water partition coefficient (Wildman–Crippen LogP) is 4.87. The largest absolute Gasteiger partial charge is 0.497 e. The predicted molar refractivity (Wildman–Crippen MR) is 108 cm³/mol. The highest BCUT2D eigenvalue weighted by Gasteiger charge is 2.24. The van der Waals surface area contributed by atoms with Crippen LogP contribution in [-0.2, 0) is 0 Å². The van der Waals surface area contributed by atoms with Gasteiger partial charge in [0.15, 0.2) is 0 Å². The van der Waals surface area contributed by atoms with Crippen LogP contribution >= 0.6 is 11.8 Å². The lowest BCUT2D eigenvalue weighted by Gasteiger charge is -2.13.